The van der Waals surface area contributed by atoms with Crippen molar-refractivity contribution in [1.82, 2.24) is 15.2 Å². The zero-order valence-electron chi connectivity index (χ0n) is 13.4. The third-order valence-corrected chi connectivity index (χ3v) is 5.17. The van der Waals surface area contributed by atoms with E-state index < -0.39 is 17.4 Å². The van der Waals surface area contributed by atoms with Gasteiger partial charge in [-0.2, -0.15) is 0 Å². The summed E-state index contributed by atoms with van der Waals surface area (Å²) in [6, 6.07) is 4.16. The van der Waals surface area contributed by atoms with Crippen molar-refractivity contribution < 1.29 is 14.7 Å². The minimum absolute atomic E-state index is 0.107. The Morgan fingerprint density at radius 1 is 1.43 bits per heavy atom. The molecule has 23 heavy (non-hydrogen) atoms. The van der Waals surface area contributed by atoms with Gasteiger partial charge in [-0.15, -0.1) is 0 Å². The van der Waals surface area contributed by atoms with Gasteiger partial charge in [-0.1, -0.05) is 13.0 Å². The highest BCUT2D eigenvalue weighted by molar-refractivity contribution is 5.88. The summed E-state index contributed by atoms with van der Waals surface area (Å²) in [6.07, 6.45) is 4.37. The number of carbonyl (C=O) groups excluding carboxylic acids is 1. The molecular weight excluding hydrogens is 294 g/mol. The number of aryl methyl sites for hydroxylation is 1. The van der Waals surface area contributed by atoms with E-state index in [1.807, 2.05) is 6.20 Å². The maximum Gasteiger partial charge on any atom is 0.309 e. The van der Waals surface area contributed by atoms with E-state index in [1.54, 1.807) is 0 Å². The van der Waals surface area contributed by atoms with E-state index in [9.17, 15) is 14.7 Å². The van der Waals surface area contributed by atoms with Crippen LogP contribution >= 0.6 is 0 Å². The van der Waals surface area contributed by atoms with E-state index in [4.69, 9.17) is 0 Å². The zero-order chi connectivity index (χ0) is 16.4. The minimum Gasteiger partial charge on any atom is -0.481 e. The van der Waals surface area contributed by atoms with Crippen LogP contribution in [0.3, 0.4) is 0 Å². The molecule has 2 saturated heterocycles. The molecule has 1 atom stereocenters. The molecule has 2 N–H and O–H groups in total. The Bertz CT molecular complexity index is 592. The van der Waals surface area contributed by atoms with Gasteiger partial charge < -0.3 is 10.4 Å². The molecule has 1 aromatic heterocycles. The molecule has 0 bridgehead atoms. The molecule has 2 fully saturated rings. The first-order valence-electron chi connectivity index (χ1n) is 8.22. The van der Waals surface area contributed by atoms with E-state index in [2.05, 4.69) is 34.3 Å². The highest BCUT2D eigenvalue weighted by Crippen LogP contribution is 2.37. The molecule has 0 saturated carbocycles. The van der Waals surface area contributed by atoms with Crippen LogP contribution in [0.2, 0.25) is 0 Å². The molecule has 3 heterocycles. The number of hydrogen-bond acceptors (Lipinski definition) is 4. The summed E-state index contributed by atoms with van der Waals surface area (Å²) in [4.78, 5) is 29.9. The fourth-order valence-corrected chi connectivity index (χ4v) is 3.69. The number of nitrogens with one attached hydrogen (secondary N) is 1. The van der Waals surface area contributed by atoms with Crippen LogP contribution in [0.15, 0.2) is 18.3 Å². The second-order valence-electron chi connectivity index (χ2n) is 6.59. The molecule has 124 valence electrons. The number of piperidine rings is 1. The van der Waals surface area contributed by atoms with Crippen LogP contribution < -0.4 is 5.32 Å². The van der Waals surface area contributed by atoms with Crippen molar-refractivity contribution in [3.8, 4) is 0 Å². The van der Waals surface area contributed by atoms with Gasteiger partial charge in [0, 0.05) is 32.3 Å². The second-order valence-corrected chi connectivity index (χ2v) is 6.59. The van der Waals surface area contributed by atoms with Crippen LogP contribution in [0.25, 0.3) is 0 Å². The number of amides is 1. The monoisotopic (exact) mass is 317 g/mol. The molecule has 0 radical (unpaired) electrons. The number of likely N-dealkylation sites (tertiary alicyclic amines) is 1. The summed E-state index contributed by atoms with van der Waals surface area (Å²) in [6.45, 7) is 4.43. The largest absolute Gasteiger partial charge is 0.481 e. The normalized spacial score (nSPS) is 23.9. The molecule has 0 aliphatic carbocycles. The Labute approximate surface area is 135 Å². The van der Waals surface area contributed by atoms with Crippen molar-refractivity contribution in [1.29, 1.82) is 0 Å². The van der Waals surface area contributed by atoms with Crippen LogP contribution in [0, 0.1) is 5.92 Å². The molecule has 0 unspecified atom stereocenters. The molecule has 6 nitrogen and oxygen atoms in total. The summed E-state index contributed by atoms with van der Waals surface area (Å²) in [7, 11) is 0. The van der Waals surface area contributed by atoms with Crippen molar-refractivity contribution in [2.75, 3.05) is 13.1 Å². The van der Waals surface area contributed by atoms with Gasteiger partial charge in [0.2, 0.25) is 5.91 Å². The number of carbonyl (C=O) groups is 2. The first kappa shape index (κ1) is 15.9. The lowest BCUT2D eigenvalue weighted by atomic mass is 9.77. The lowest BCUT2D eigenvalue weighted by Gasteiger charge is -2.41. The molecule has 6 heteroatoms. The quantitative estimate of drug-likeness (QED) is 0.872. The minimum atomic E-state index is -0.867. The number of hydrogen-bond donors (Lipinski definition) is 2. The van der Waals surface area contributed by atoms with Crippen molar-refractivity contribution in [2.24, 2.45) is 5.92 Å². The average Bonchev–Trinajstić information content (AvgIpc) is 2.87. The van der Waals surface area contributed by atoms with Gasteiger partial charge in [-0.3, -0.25) is 19.5 Å². The first-order chi connectivity index (χ1) is 11.0. The number of carboxylic acids is 1. The molecule has 2 aliphatic heterocycles. The van der Waals surface area contributed by atoms with E-state index in [0.29, 0.717) is 12.8 Å². The maximum absolute atomic E-state index is 11.7. The number of rotatable bonds is 4. The molecule has 0 aromatic carbocycles. The number of aromatic nitrogens is 1. The average molecular weight is 317 g/mol. The third-order valence-electron chi connectivity index (χ3n) is 5.17. The van der Waals surface area contributed by atoms with Crippen molar-refractivity contribution in [3.05, 3.63) is 29.6 Å². The van der Waals surface area contributed by atoms with E-state index in [-0.39, 0.29) is 12.3 Å². The Morgan fingerprint density at radius 3 is 2.74 bits per heavy atom. The predicted molar refractivity (Wildman–Crippen MR) is 84.7 cm³/mol. The Hall–Kier alpha value is -1.95. The van der Waals surface area contributed by atoms with Crippen molar-refractivity contribution in [2.45, 2.75) is 44.7 Å². The van der Waals surface area contributed by atoms with Crippen LogP contribution in [0.4, 0.5) is 0 Å². The molecule has 1 amide bonds. The predicted octanol–water partition coefficient (Wildman–Crippen LogP) is 1.20. The lowest BCUT2D eigenvalue weighted by molar-refractivity contribution is -0.144. The van der Waals surface area contributed by atoms with Gasteiger partial charge in [0.05, 0.1) is 17.2 Å². The van der Waals surface area contributed by atoms with Crippen LogP contribution in [-0.2, 0) is 22.6 Å². The van der Waals surface area contributed by atoms with E-state index in [0.717, 1.165) is 31.7 Å². The van der Waals surface area contributed by atoms with Gasteiger partial charge in [0.25, 0.3) is 0 Å². The molecule has 3 rings (SSSR count). The Morgan fingerprint density at radius 2 is 2.17 bits per heavy atom. The maximum atomic E-state index is 11.7. The number of nitrogens with zero attached hydrogens (tertiary/aromatic N) is 2. The standard InChI is InChI=1S/C17H23N3O3/c1-2-12-3-4-13(18-10-12)11-20-7-5-17(6-8-20)14(16(22)23)9-15(21)19-17/h3-4,10,14H,2,5-9,11H2,1H3,(H,19,21)(H,22,23)/t14-/m1/s1. The van der Waals surface area contributed by atoms with Crippen LogP contribution in [0.5, 0.6) is 0 Å². The number of aliphatic carboxylic acids is 1. The van der Waals surface area contributed by atoms with Gasteiger partial charge in [-0.25, -0.2) is 0 Å². The fraction of sp³-hybridized carbons (Fsp3) is 0.588. The van der Waals surface area contributed by atoms with Gasteiger partial charge in [0.1, 0.15) is 0 Å². The van der Waals surface area contributed by atoms with Crippen LogP contribution in [0.1, 0.15) is 37.4 Å². The van der Waals surface area contributed by atoms with Gasteiger partial charge in [0.15, 0.2) is 0 Å². The number of pyridine rings is 1. The van der Waals surface area contributed by atoms with Crippen molar-refractivity contribution in [3.63, 3.8) is 0 Å². The summed E-state index contributed by atoms with van der Waals surface area (Å²) >= 11 is 0. The lowest BCUT2D eigenvalue weighted by Crippen LogP contribution is -2.55. The third kappa shape index (κ3) is 3.22. The van der Waals surface area contributed by atoms with Gasteiger partial charge in [-0.05, 0) is 30.9 Å². The second kappa shape index (κ2) is 6.28. The fourth-order valence-electron chi connectivity index (χ4n) is 3.69. The van der Waals surface area contributed by atoms with Gasteiger partial charge >= 0.3 is 5.97 Å². The summed E-state index contributed by atoms with van der Waals surface area (Å²) in [5.74, 6) is -1.60. The van der Waals surface area contributed by atoms with Crippen LogP contribution in [-0.4, -0.2) is 45.5 Å². The Balaban J connectivity index is 1.61. The zero-order valence-corrected chi connectivity index (χ0v) is 13.4. The number of carboxylic acid groups (broad SMARTS) is 1. The molecular formula is C17H23N3O3. The Kier molecular flexibility index (Phi) is 4.35. The molecule has 2 aliphatic rings. The highest BCUT2D eigenvalue weighted by atomic mass is 16.4. The summed E-state index contributed by atoms with van der Waals surface area (Å²) < 4.78 is 0. The highest BCUT2D eigenvalue weighted by Gasteiger charge is 2.51. The van der Waals surface area contributed by atoms with Crippen molar-refractivity contribution >= 4 is 11.9 Å². The van der Waals surface area contributed by atoms with E-state index >= 15 is 0 Å². The summed E-state index contributed by atoms with van der Waals surface area (Å²) in [5.41, 5.74) is 1.70. The SMILES string of the molecule is CCc1ccc(CN2CCC3(CC2)NC(=O)C[C@@H]3C(=O)O)nc1. The summed E-state index contributed by atoms with van der Waals surface area (Å²) in [5, 5.41) is 12.3. The van der Waals surface area contributed by atoms with E-state index in [1.165, 1.54) is 5.56 Å². The topological polar surface area (TPSA) is 82.5 Å². The smallest absolute Gasteiger partial charge is 0.309 e. The molecule has 1 aromatic rings. The first-order valence-corrected chi connectivity index (χ1v) is 8.22. The molecule has 1 spiro atoms.